The molecule has 5 heteroatoms. The second-order valence-corrected chi connectivity index (χ2v) is 6.96. The number of halogens is 2. The fourth-order valence-corrected chi connectivity index (χ4v) is 2.98. The Morgan fingerprint density at radius 1 is 1.05 bits per heavy atom. The molecule has 21 heavy (non-hydrogen) atoms. The van der Waals surface area contributed by atoms with Gasteiger partial charge in [-0.25, -0.2) is 0 Å². The minimum absolute atomic E-state index is 0.509. The molecule has 0 radical (unpaired) electrons. The molecular formula is C16H14BrFO2S. The summed E-state index contributed by atoms with van der Waals surface area (Å²) in [7, 11) is -4.54. The highest BCUT2D eigenvalue weighted by Gasteiger charge is 2.17. The van der Waals surface area contributed by atoms with Crippen molar-refractivity contribution in [3.63, 3.8) is 0 Å². The molecule has 0 spiro atoms. The van der Waals surface area contributed by atoms with Crippen molar-refractivity contribution in [3.8, 4) is 0 Å². The van der Waals surface area contributed by atoms with E-state index in [9.17, 15) is 12.3 Å². The lowest BCUT2D eigenvalue weighted by molar-refractivity contribution is 0.549. The molecule has 0 fully saturated rings. The summed E-state index contributed by atoms with van der Waals surface area (Å²) >= 11 is 3.35. The molecule has 2 aromatic rings. The summed E-state index contributed by atoms with van der Waals surface area (Å²) in [6.07, 6.45) is 3.52. The van der Waals surface area contributed by atoms with Crippen molar-refractivity contribution < 1.29 is 12.3 Å². The van der Waals surface area contributed by atoms with Gasteiger partial charge in [0.1, 0.15) is 0 Å². The molecule has 1 atom stereocenters. The second kappa shape index (κ2) is 7.00. The third-order valence-corrected chi connectivity index (χ3v) is 4.28. The molecule has 2 rings (SSSR count). The molecule has 2 nitrogen and oxygen atoms in total. The van der Waals surface area contributed by atoms with Gasteiger partial charge in [0.05, 0.1) is 5.75 Å². The number of benzene rings is 2. The number of rotatable bonds is 5. The van der Waals surface area contributed by atoms with Crippen LogP contribution in [0.1, 0.15) is 17.0 Å². The summed E-state index contributed by atoms with van der Waals surface area (Å²) in [6.45, 7) is 0. The summed E-state index contributed by atoms with van der Waals surface area (Å²) in [5.74, 6) is -1.06. The summed E-state index contributed by atoms with van der Waals surface area (Å²) in [4.78, 5) is 0. The summed E-state index contributed by atoms with van der Waals surface area (Å²) < 4.78 is 35.9. The third kappa shape index (κ3) is 5.44. The van der Waals surface area contributed by atoms with Crippen molar-refractivity contribution >= 4 is 32.2 Å². The van der Waals surface area contributed by atoms with E-state index in [0.29, 0.717) is 0 Å². The van der Waals surface area contributed by atoms with Gasteiger partial charge >= 0.3 is 10.2 Å². The zero-order valence-corrected chi connectivity index (χ0v) is 13.5. The molecule has 0 aliphatic rings. The van der Waals surface area contributed by atoms with Gasteiger partial charge in [0.2, 0.25) is 0 Å². The van der Waals surface area contributed by atoms with Crippen molar-refractivity contribution in [3.05, 3.63) is 76.3 Å². The lowest BCUT2D eigenvalue weighted by atomic mass is 10.00. The largest absolute Gasteiger partial charge is 0.303 e. The van der Waals surface area contributed by atoms with Crippen LogP contribution in [0.15, 0.2) is 65.1 Å². The van der Waals surface area contributed by atoms with Gasteiger partial charge in [-0.15, -0.1) is 3.89 Å². The van der Waals surface area contributed by atoms with Crippen LogP contribution in [0.25, 0.3) is 6.08 Å². The highest BCUT2D eigenvalue weighted by molar-refractivity contribution is 9.10. The Bertz CT molecular complexity index is 710. The van der Waals surface area contributed by atoms with Gasteiger partial charge in [-0.05, 0) is 23.3 Å². The lowest BCUT2D eigenvalue weighted by Gasteiger charge is -2.10. The van der Waals surface area contributed by atoms with Crippen molar-refractivity contribution in [2.45, 2.75) is 5.92 Å². The van der Waals surface area contributed by atoms with Crippen LogP contribution in [-0.2, 0) is 10.2 Å². The number of allylic oxidation sites excluding steroid dienone is 1. The summed E-state index contributed by atoms with van der Waals surface area (Å²) in [6, 6.07) is 16.6. The first kappa shape index (κ1) is 15.9. The summed E-state index contributed by atoms with van der Waals surface area (Å²) in [5, 5.41) is 0. The Morgan fingerprint density at radius 2 is 1.67 bits per heavy atom. The fourth-order valence-electron chi connectivity index (χ4n) is 1.98. The van der Waals surface area contributed by atoms with Crippen molar-refractivity contribution in [1.29, 1.82) is 0 Å². The maximum atomic E-state index is 13.0. The van der Waals surface area contributed by atoms with Crippen LogP contribution >= 0.6 is 15.9 Å². The van der Waals surface area contributed by atoms with Crippen LogP contribution in [0.4, 0.5) is 3.89 Å². The maximum Gasteiger partial charge on any atom is 0.303 e. The minimum Gasteiger partial charge on any atom is -0.195 e. The van der Waals surface area contributed by atoms with Crippen LogP contribution in [0.2, 0.25) is 0 Å². The average molecular weight is 369 g/mol. The molecule has 0 aliphatic carbocycles. The van der Waals surface area contributed by atoms with Crippen LogP contribution in [0.3, 0.4) is 0 Å². The van der Waals surface area contributed by atoms with E-state index in [1.807, 2.05) is 30.3 Å². The molecule has 0 aromatic heterocycles. The van der Waals surface area contributed by atoms with E-state index in [0.717, 1.165) is 15.6 Å². The zero-order valence-electron chi connectivity index (χ0n) is 11.1. The first-order valence-electron chi connectivity index (χ1n) is 6.35. The van der Waals surface area contributed by atoms with Gasteiger partial charge < -0.3 is 0 Å². The second-order valence-electron chi connectivity index (χ2n) is 4.63. The lowest BCUT2D eigenvalue weighted by Crippen LogP contribution is -2.08. The van der Waals surface area contributed by atoms with Crippen LogP contribution in [0, 0.1) is 0 Å². The van der Waals surface area contributed by atoms with E-state index < -0.39 is 21.9 Å². The molecule has 2 aromatic carbocycles. The van der Waals surface area contributed by atoms with Gasteiger partial charge in [0.15, 0.2) is 0 Å². The average Bonchev–Trinajstić information content (AvgIpc) is 2.45. The summed E-state index contributed by atoms with van der Waals surface area (Å²) in [5.41, 5.74) is 1.70. The van der Waals surface area contributed by atoms with E-state index in [1.165, 1.54) is 0 Å². The molecule has 0 saturated heterocycles. The number of hydrogen-bond acceptors (Lipinski definition) is 2. The van der Waals surface area contributed by atoms with E-state index in [1.54, 1.807) is 36.4 Å². The standard InChI is InChI=1S/C16H14BrFO2S/c17-16-10-7-13(8-11-16)6-9-15(12-21(18,19)20)14-4-2-1-3-5-14/h1-11,15H,12H2/b9-6+/t15-/m0/s1. The molecule has 0 N–H and O–H groups in total. The molecule has 110 valence electrons. The Labute approximate surface area is 132 Å². The van der Waals surface area contributed by atoms with Crippen molar-refractivity contribution in [2.24, 2.45) is 0 Å². The smallest absolute Gasteiger partial charge is 0.195 e. The van der Waals surface area contributed by atoms with Gasteiger partial charge in [0, 0.05) is 10.4 Å². The van der Waals surface area contributed by atoms with Crippen LogP contribution < -0.4 is 0 Å². The Balaban J connectivity index is 2.25. The van der Waals surface area contributed by atoms with Crippen molar-refractivity contribution in [1.82, 2.24) is 0 Å². The molecular weight excluding hydrogens is 355 g/mol. The van der Waals surface area contributed by atoms with Gasteiger partial charge in [0.25, 0.3) is 0 Å². The van der Waals surface area contributed by atoms with Gasteiger partial charge in [-0.1, -0.05) is 70.5 Å². The van der Waals surface area contributed by atoms with E-state index in [4.69, 9.17) is 0 Å². The molecule has 0 heterocycles. The van der Waals surface area contributed by atoms with Gasteiger partial charge in [-0.2, -0.15) is 8.42 Å². The monoisotopic (exact) mass is 368 g/mol. The minimum atomic E-state index is -4.54. The number of hydrogen-bond donors (Lipinski definition) is 0. The van der Waals surface area contributed by atoms with E-state index >= 15 is 0 Å². The highest BCUT2D eigenvalue weighted by Crippen LogP contribution is 2.22. The predicted molar refractivity (Wildman–Crippen MR) is 87.3 cm³/mol. The fraction of sp³-hybridized carbons (Fsp3) is 0.125. The molecule has 0 aliphatic heterocycles. The molecule has 0 amide bonds. The Kier molecular flexibility index (Phi) is 5.31. The maximum absolute atomic E-state index is 13.0. The van der Waals surface area contributed by atoms with Crippen LogP contribution in [-0.4, -0.2) is 14.2 Å². The SMILES string of the molecule is O=S(=O)(F)C[C@H](/C=C/c1ccc(Br)cc1)c1ccccc1. The molecule has 0 bridgehead atoms. The van der Waals surface area contributed by atoms with E-state index in [-0.39, 0.29) is 0 Å². The first-order valence-corrected chi connectivity index (χ1v) is 8.70. The van der Waals surface area contributed by atoms with Crippen molar-refractivity contribution in [2.75, 3.05) is 5.75 Å². The van der Waals surface area contributed by atoms with E-state index in [2.05, 4.69) is 15.9 Å². The quantitative estimate of drug-likeness (QED) is 0.725. The first-order chi connectivity index (χ1) is 9.94. The molecule has 0 saturated carbocycles. The topological polar surface area (TPSA) is 34.1 Å². The highest BCUT2D eigenvalue weighted by atomic mass is 79.9. The predicted octanol–water partition coefficient (Wildman–Crippen LogP) is 4.55. The molecule has 0 unspecified atom stereocenters. The zero-order chi connectivity index (χ0) is 15.3. The van der Waals surface area contributed by atoms with Gasteiger partial charge in [-0.3, -0.25) is 0 Å². The third-order valence-electron chi connectivity index (χ3n) is 3.00. The Morgan fingerprint density at radius 3 is 2.24 bits per heavy atom. The normalized spacial score (nSPS) is 13.4. The van der Waals surface area contributed by atoms with Crippen LogP contribution in [0.5, 0.6) is 0 Å². The Hall–Kier alpha value is -1.46.